The second-order valence-electron chi connectivity index (χ2n) is 7.47. The summed E-state index contributed by atoms with van der Waals surface area (Å²) in [5.74, 6) is -0.493. The van der Waals surface area contributed by atoms with Crippen molar-refractivity contribution in [2.75, 3.05) is 32.7 Å². The third-order valence-electron chi connectivity index (χ3n) is 5.40. The summed E-state index contributed by atoms with van der Waals surface area (Å²) < 4.78 is 0. The predicted molar refractivity (Wildman–Crippen MR) is 119 cm³/mol. The number of hydrogen-bond acceptors (Lipinski definition) is 6. The highest BCUT2D eigenvalue weighted by Gasteiger charge is 2.17. The highest BCUT2D eigenvalue weighted by Crippen LogP contribution is 2.27. The van der Waals surface area contributed by atoms with Crippen LogP contribution in [0.25, 0.3) is 10.6 Å². The zero-order valence-corrected chi connectivity index (χ0v) is 17.6. The molecule has 0 bridgehead atoms. The Morgan fingerprint density at radius 3 is 2.50 bits per heavy atom. The Morgan fingerprint density at radius 2 is 1.73 bits per heavy atom. The molecule has 30 heavy (non-hydrogen) atoms. The lowest BCUT2D eigenvalue weighted by atomic mass is 10.1. The molecule has 1 saturated heterocycles. The number of benzene rings is 1. The van der Waals surface area contributed by atoms with Gasteiger partial charge in [0.25, 0.3) is 5.91 Å². The number of hydroxylamine groups is 1. The Balaban J connectivity index is 1.30. The summed E-state index contributed by atoms with van der Waals surface area (Å²) in [6.07, 6.45) is 1.10. The summed E-state index contributed by atoms with van der Waals surface area (Å²) >= 11 is 1.32. The van der Waals surface area contributed by atoms with Crippen molar-refractivity contribution in [3.8, 4) is 10.6 Å². The highest BCUT2D eigenvalue weighted by molar-refractivity contribution is 7.17. The normalized spacial score (nSPS) is 15.2. The maximum absolute atomic E-state index is 11.6. The molecule has 1 aliphatic heterocycles. The van der Waals surface area contributed by atoms with E-state index in [2.05, 4.69) is 46.2 Å². The molecule has 0 saturated carbocycles. The number of hydrogen-bond donors (Lipinski definition) is 2. The molecule has 1 fully saturated rings. The van der Waals surface area contributed by atoms with Crippen molar-refractivity contribution in [1.29, 1.82) is 0 Å². The van der Waals surface area contributed by atoms with Gasteiger partial charge in [-0.05, 0) is 36.2 Å². The van der Waals surface area contributed by atoms with Crippen LogP contribution in [0.15, 0.2) is 60.7 Å². The summed E-state index contributed by atoms with van der Waals surface area (Å²) in [4.78, 5) is 22.7. The first-order valence-corrected chi connectivity index (χ1v) is 11.0. The van der Waals surface area contributed by atoms with Gasteiger partial charge in [-0.25, -0.2) is 5.48 Å². The Bertz CT molecular complexity index is 968. The second-order valence-corrected chi connectivity index (χ2v) is 8.56. The van der Waals surface area contributed by atoms with Gasteiger partial charge in [0.05, 0.1) is 21.1 Å². The van der Waals surface area contributed by atoms with Crippen LogP contribution in [0, 0.1) is 0 Å². The number of carbonyl (C=O) groups excluding carboxylic acids is 1. The molecule has 0 spiro atoms. The average molecular weight is 423 g/mol. The van der Waals surface area contributed by atoms with Gasteiger partial charge >= 0.3 is 0 Å². The number of thiophene rings is 1. The van der Waals surface area contributed by atoms with E-state index >= 15 is 0 Å². The molecule has 2 N–H and O–H groups in total. The van der Waals surface area contributed by atoms with Gasteiger partial charge in [0.1, 0.15) is 0 Å². The number of aromatic nitrogens is 1. The molecule has 0 radical (unpaired) electrons. The summed E-state index contributed by atoms with van der Waals surface area (Å²) in [6, 6.07) is 20.3. The van der Waals surface area contributed by atoms with Crippen LogP contribution in [0.3, 0.4) is 0 Å². The maximum Gasteiger partial charge on any atom is 0.284 e. The number of pyridine rings is 1. The zero-order valence-electron chi connectivity index (χ0n) is 16.8. The molecule has 1 amide bonds. The molecule has 156 valence electrons. The average Bonchev–Trinajstić information content (AvgIpc) is 3.29. The van der Waals surface area contributed by atoms with E-state index in [0.717, 1.165) is 62.0 Å². The standard InChI is InChI=1S/C23H26N4O2S/c28-23(25-29)22-10-9-21(30-22)20-8-4-7-19(24-20)17-27-15-13-26(14-16-27)12-11-18-5-2-1-3-6-18/h1-10,29H,11-17H2,(H,25,28). The van der Waals surface area contributed by atoms with Gasteiger partial charge < -0.3 is 4.90 Å². The van der Waals surface area contributed by atoms with Gasteiger partial charge in [-0.1, -0.05) is 36.4 Å². The third-order valence-corrected chi connectivity index (χ3v) is 6.51. The van der Waals surface area contributed by atoms with Crippen LogP contribution in [0.2, 0.25) is 0 Å². The van der Waals surface area contributed by atoms with Gasteiger partial charge in [-0.2, -0.15) is 0 Å². The Labute approximate surface area is 180 Å². The van der Waals surface area contributed by atoms with Gasteiger partial charge in [-0.3, -0.25) is 19.9 Å². The molecule has 1 aliphatic rings. The summed E-state index contributed by atoms with van der Waals surface area (Å²) in [6.45, 7) is 6.18. The van der Waals surface area contributed by atoms with E-state index in [4.69, 9.17) is 10.2 Å². The van der Waals surface area contributed by atoms with Gasteiger partial charge in [-0.15, -0.1) is 11.3 Å². The van der Waals surface area contributed by atoms with E-state index in [9.17, 15) is 4.79 Å². The Morgan fingerprint density at radius 1 is 0.967 bits per heavy atom. The van der Waals surface area contributed by atoms with Crippen LogP contribution in [-0.4, -0.2) is 58.6 Å². The predicted octanol–water partition coefficient (Wildman–Crippen LogP) is 3.29. The lowest BCUT2D eigenvalue weighted by Gasteiger charge is -2.34. The lowest BCUT2D eigenvalue weighted by molar-refractivity contribution is 0.0711. The number of piperazine rings is 1. The van der Waals surface area contributed by atoms with Gasteiger partial charge in [0.15, 0.2) is 0 Å². The van der Waals surface area contributed by atoms with Crippen LogP contribution in [0.1, 0.15) is 20.9 Å². The number of carbonyl (C=O) groups is 1. The van der Waals surface area contributed by atoms with Gasteiger partial charge in [0, 0.05) is 39.3 Å². The van der Waals surface area contributed by atoms with Crippen LogP contribution in [-0.2, 0) is 13.0 Å². The van der Waals surface area contributed by atoms with Gasteiger partial charge in [0.2, 0.25) is 0 Å². The molecule has 1 aromatic carbocycles. The van der Waals surface area contributed by atoms with E-state index < -0.39 is 5.91 Å². The fraction of sp³-hybridized carbons (Fsp3) is 0.304. The lowest BCUT2D eigenvalue weighted by Crippen LogP contribution is -2.46. The van der Waals surface area contributed by atoms with Crippen molar-refractivity contribution in [3.63, 3.8) is 0 Å². The van der Waals surface area contributed by atoms with Crippen molar-refractivity contribution in [2.45, 2.75) is 13.0 Å². The first-order chi connectivity index (χ1) is 14.7. The molecule has 6 nitrogen and oxygen atoms in total. The van der Waals surface area contributed by atoms with E-state index in [1.165, 1.54) is 16.9 Å². The minimum atomic E-state index is -0.493. The van der Waals surface area contributed by atoms with Crippen molar-refractivity contribution >= 4 is 17.2 Å². The van der Waals surface area contributed by atoms with E-state index in [1.54, 1.807) is 11.5 Å². The fourth-order valence-corrected chi connectivity index (χ4v) is 4.56. The largest absolute Gasteiger partial charge is 0.300 e. The minimum Gasteiger partial charge on any atom is -0.300 e. The quantitative estimate of drug-likeness (QED) is 0.452. The summed E-state index contributed by atoms with van der Waals surface area (Å²) in [5, 5.41) is 8.79. The number of nitrogens with one attached hydrogen (secondary N) is 1. The minimum absolute atomic E-state index is 0.464. The fourth-order valence-electron chi connectivity index (χ4n) is 3.69. The van der Waals surface area contributed by atoms with Crippen LogP contribution < -0.4 is 5.48 Å². The van der Waals surface area contributed by atoms with Crippen LogP contribution >= 0.6 is 11.3 Å². The topological polar surface area (TPSA) is 68.7 Å². The number of nitrogens with zero attached hydrogens (tertiary/aromatic N) is 3. The molecule has 7 heteroatoms. The zero-order chi connectivity index (χ0) is 20.8. The van der Waals surface area contributed by atoms with Crippen LogP contribution in [0.4, 0.5) is 0 Å². The molecule has 0 atom stereocenters. The molecule has 3 heterocycles. The number of amides is 1. The molecule has 0 aliphatic carbocycles. The van der Waals surface area contributed by atoms with Crippen molar-refractivity contribution in [2.24, 2.45) is 0 Å². The van der Waals surface area contributed by atoms with E-state index in [1.807, 2.05) is 18.2 Å². The first kappa shape index (κ1) is 20.7. The monoisotopic (exact) mass is 422 g/mol. The maximum atomic E-state index is 11.6. The van der Waals surface area contributed by atoms with Crippen molar-refractivity contribution in [1.82, 2.24) is 20.3 Å². The smallest absolute Gasteiger partial charge is 0.284 e. The first-order valence-electron chi connectivity index (χ1n) is 10.2. The van der Waals surface area contributed by atoms with E-state index in [0.29, 0.717) is 4.88 Å². The molecule has 0 unspecified atom stereocenters. The Hall–Kier alpha value is -2.58. The molecular weight excluding hydrogens is 396 g/mol. The van der Waals surface area contributed by atoms with Crippen molar-refractivity contribution in [3.05, 3.63) is 76.8 Å². The van der Waals surface area contributed by atoms with Crippen LogP contribution in [0.5, 0.6) is 0 Å². The van der Waals surface area contributed by atoms with Crippen molar-refractivity contribution < 1.29 is 10.0 Å². The molecule has 4 rings (SSSR count). The molecule has 2 aromatic heterocycles. The Kier molecular flexibility index (Phi) is 6.86. The molecule has 3 aromatic rings. The molecular formula is C23H26N4O2S. The summed E-state index contributed by atoms with van der Waals surface area (Å²) in [5.41, 5.74) is 4.96. The SMILES string of the molecule is O=C(NO)c1ccc(-c2cccc(CN3CCN(CCc4ccccc4)CC3)n2)s1. The highest BCUT2D eigenvalue weighted by atomic mass is 32.1. The number of rotatable bonds is 7. The van der Waals surface area contributed by atoms with E-state index in [-0.39, 0.29) is 0 Å². The summed E-state index contributed by atoms with van der Waals surface area (Å²) in [7, 11) is 0. The third kappa shape index (κ3) is 5.31. The second kappa shape index (κ2) is 9.95.